The minimum absolute atomic E-state index is 0.0610. The summed E-state index contributed by atoms with van der Waals surface area (Å²) >= 11 is 0. The molecule has 5 heteroatoms. The third-order valence-corrected chi connectivity index (χ3v) is 4.98. The highest BCUT2D eigenvalue weighted by Crippen LogP contribution is 2.23. The van der Waals surface area contributed by atoms with Crippen LogP contribution in [0, 0.1) is 19.8 Å². The van der Waals surface area contributed by atoms with E-state index in [4.69, 9.17) is 10.2 Å². The van der Waals surface area contributed by atoms with Gasteiger partial charge in [-0.3, -0.25) is 4.79 Å². The second-order valence-electron chi connectivity index (χ2n) is 6.60. The summed E-state index contributed by atoms with van der Waals surface area (Å²) in [5, 5.41) is 0.987. The van der Waals surface area contributed by atoms with Crippen LogP contribution in [0.2, 0.25) is 0 Å². The van der Waals surface area contributed by atoms with Crippen LogP contribution < -0.4 is 16.3 Å². The zero-order valence-electron chi connectivity index (χ0n) is 13.6. The van der Waals surface area contributed by atoms with E-state index in [9.17, 15) is 9.59 Å². The van der Waals surface area contributed by atoms with Crippen molar-refractivity contribution in [2.45, 2.75) is 33.2 Å². The van der Waals surface area contributed by atoms with Gasteiger partial charge in [0.2, 0.25) is 5.91 Å². The van der Waals surface area contributed by atoms with Gasteiger partial charge in [0, 0.05) is 17.0 Å². The van der Waals surface area contributed by atoms with Gasteiger partial charge in [0.25, 0.3) is 0 Å². The minimum atomic E-state index is -0.316. The van der Waals surface area contributed by atoms with Crippen LogP contribution in [0.25, 0.3) is 11.0 Å². The molecule has 0 aliphatic carbocycles. The fourth-order valence-corrected chi connectivity index (χ4v) is 3.49. The fraction of sp³-hybridized carbons (Fsp3) is 0.444. The number of likely N-dealkylation sites (tertiary alicyclic amines) is 1. The average molecular weight is 315 g/mol. The second kappa shape index (κ2) is 6.16. The van der Waals surface area contributed by atoms with Crippen LogP contribution in [0.4, 0.5) is 0 Å². The van der Waals surface area contributed by atoms with Gasteiger partial charge < -0.3 is 15.1 Å². The average Bonchev–Trinajstić information content (AvgIpc) is 2.51. The largest absolute Gasteiger partial charge is 0.422 e. The number of aryl methyl sites for hydroxylation is 2. The summed E-state index contributed by atoms with van der Waals surface area (Å²) in [7, 11) is 0. The molecular weight excluding hydrogens is 292 g/mol. The topological polar surface area (TPSA) is 77.7 Å². The maximum absolute atomic E-state index is 11.9. The number of benzene rings is 1. The highest BCUT2D eigenvalue weighted by Gasteiger charge is 2.27. The molecule has 0 saturated carbocycles. The van der Waals surface area contributed by atoms with E-state index in [2.05, 4.69) is 6.07 Å². The Morgan fingerprint density at radius 1 is 1.39 bits per heavy atom. The molecule has 0 spiro atoms. The van der Waals surface area contributed by atoms with Crippen molar-refractivity contribution in [3.63, 3.8) is 0 Å². The number of carbonyl (C=O) groups excluding carboxylic acids is 1. The molecule has 1 amide bonds. The number of nitrogens with two attached hydrogens (primary N) is 1. The second-order valence-corrected chi connectivity index (χ2v) is 6.60. The Kier molecular flexibility index (Phi) is 4.22. The van der Waals surface area contributed by atoms with Crippen molar-refractivity contribution >= 4 is 16.9 Å². The quantitative estimate of drug-likeness (QED) is 0.818. The van der Waals surface area contributed by atoms with E-state index in [1.165, 1.54) is 4.90 Å². The summed E-state index contributed by atoms with van der Waals surface area (Å²) in [4.78, 5) is 24.7. The Bertz CT molecular complexity index is 810. The SMILES string of the molecule is Cc1ccc2c(C[NH+]3CCC[C@H](C(N)=O)C3)cc(=O)oc2c1C. The molecule has 23 heavy (non-hydrogen) atoms. The van der Waals surface area contributed by atoms with Crippen molar-refractivity contribution in [1.82, 2.24) is 0 Å². The number of primary amides is 1. The van der Waals surface area contributed by atoms with Crippen molar-refractivity contribution < 1.29 is 14.1 Å². The van der Waals surface area contributed by atoms with E-state index >= 15 is 0 Å². The summed E-state index contributed by atoms with van der Waals surface area (Å²) in [6.45, 7) is 6.43. The molecule has 2 atom stereocenters. The highest BCUT2D eigenvalue weighted by molar-refractivity contribution is 5.83. The Balaban J connectivity index is 1.95. The molecule has 1 aromatic heterocycles. The Morgan fingerprint density at radius 2 is 2.17 bits per heavy atom. The maximum Gasteiger partial charge on any atom is 0.336 e. The van der Waals surface area contributed by atoms with Gasteiger partial charge in [-0.25, -0.2) is 4.79 Å². The van der Waals surface area contributed by atoms with E-state index in [1.54, 1.807) is 6.07 Å². The van der Waals surface area contributed by atoms with E-state index in [0.29, 0.717) is 12.1 Å². The van der Waals surface area contributed by atoms with Crippen molar-refractivity contribution in [3.05, 3.63) is 45.3 Å². The summed E-state index contributed by atoms with van der Waals surface area (Å²) < 4.78 is 5.42. The third kappa shape index (κ3) is 3.15. The predicted molar refractivity (Wildman–Crippen MR) is 88.3 cm³/mol. The van der Waals surface area contributed by atoms with Crippen LogP contribution >= 0.6 is 0 Å². The first-order valence-electron chi connectivity index (χ1n) is 8.11. The van der Waals surface area contributed by atoms with Crippen LogP contribution in [-0.2, 0) is 11.3 Å². The molecular formula is C18H23N2O3+. The lowest BCUT2D eigenvalue weighted by Gasteiger charge is -2.28. The number of rotatable bonds is 3. The van der Waals surface area contributed by atoms with Crippen LogP contribution in [0.1, 0.15) is 29.5 Å². The lowest BCUT2D eigenvalue weighted by molar-refractivity contribution is -0.920. The molecule has 2 heterocycles. The standard InChI is InChI=1S/C18H22N2O3/c1-11-5-6-15-14(8-16(21)23-17(15)12(11)2)10-20-7-3-4-13(9-20)18(19)22/h5-6,8,13H,3-4,7,9-10H2,1-2H3,(H2,19,22)/p+1/t13-/m0/s1. The van der Waals surface area contributed by atoms with Crippen LogP contribution in [-0.4, -0.2) is 19.0 Å². The molecule has 0 bridgehead atoms. The fourth-order valence-electron chi connectivity index (χ4n) is 3.49. The first-order chi connectivity index (χ1) is 11.0. The van der Waals surface area contributed by atoms with Crippen molar-refractivity contribution in [1.29, 1.82) is 0 Å². The zero-order chi connectivity index (χ0) is 16.6. The zero-order valence-corrected chi connectivity index (χ0v) is 13.6. The van der Waals surface area contributed by atoms with Crippen LogP contribution in [0.15, 0.2) is 27.4 Å². The Labute approximate surface area is 135 Å². The smallest absolute Gasteiger partial charge is 0.336 e. The van der Waals surface area contributed by atoms with E-state index in [1.807, 2.05) is 19.9 Å². The van der Waals surface area contributed by atoms with E-state index in [0.717, 1.165) is 48.0 Å². The molecule has 2 aromatic rings. The van der Waals surface area contributed by atoms with E-state index < -0.39 is 0 Å². The van der Waals surface area contributed by atoms with Gasteiger partial charge >= 0.3 is 5.63 Å². The number of piperidine rings is 1. The van der Waals surface area contributed by atoms with Crippen LogP contribution in [0.3, 0.4) is 0 Å². The monoisotopic (exact) mass is 315 g/mol. The Hall–Kier alpha value is -2.14. The molecule has 1 aliphatic rings. The summed E-state index contributed by atoms with van der Waals surface area (Å²) in [5.74, 6) is -0.278. The number of nitrogens with one attached hydrogen (secondary N) is 1. The molecule has 1 unspecified atom stereocenters. The van der Waals surface area contributed by atoms with Crippen LogP contribution in [0.5, 0.6) is 0 Å². The molecule has 1 fully saturated rings. The van der Waals surface area contributed by atoms with Gasteiger partial charge in [-0.15, -0.1) is 0 Å². The van der Waals surface area contributed by atoms with Crippen molar-refractivity contribution in [2.24, 2.45) is 11.7 Å². The molecule has 3 N–H and O–H groups in total. The number of hydrogen-bond acceptors (Lipinski definition) is 3. The first kappa shape index (κ1) is 15.7. The third-order valence-electron chi connectivity index (χ3n) is 4.98. The summed E-state index contributed by atoms with van der Waals surface area (Å²) in [6.07, 6.45) is 1.86. The number of amides is 1. The van der Waals surface area contributed by atoms with Gasteiger partial charge in [-0.2, -0.15) is 0 Å². The predicted octanol–water partition coefficient (Wildman–Crippen LogP) is 0.690. The molecule has 1 saturated heterocycles. The number of carbonyl (C=O) groups is 1. The lowest BCUT2D eigenvalue weighted by Crippen LogP contribution is -3.12. The number of quaternary nitrogens is 1. The minimum Gasteiger partial charge on any atom is -0.422 e. The highest BCUT2D eigenvalue weighted by atomic mass is 16.4. The van der Waals surface area contributed by atoms with Gasteiger partial charge in [-0.05, 0) is 37.8 Å². The first-order valence-corrected chi connectivity index (χ1v) is 8.11. The van der Waals surface area contributed by atoms with E-state index in [-0.39, 0.29) is 17.5 Å². The van der Waals surface area contributed by atoms with Crippen molar-refractivity contribution in [2.75, 3.05) is 13.1 Å². The molecule has 1 aliphatic heterocycles. The molecule has 0 radical (unpaired) electrons. The van der Waals surface area contributed by atoms with Gasteiger partial charge in [0.1, 0.15) is 12.1 Å². The van der Waals surface area contributed by atoms with Gasteiger partial charge in [0.15, 0.2) is 0 Å². The normalized spacial score (nSPS) is 21.5. The number of hydrogen-bond donors (Lipinski definition) is 2. The molecule has 5 nitrogen and oxygen atoms in total. The maximum atomic E-state index is 11.9. The summed E-state index contributed by atoms with van der Waals surface area (Å²) in [6, 6.07) is 5.65. The van der Waals surface area contributed by atoms with Gasteiger partial charge in [-0.1, -0.05) is 12.1 Å². The number of fused-ring (bicyclic) bond motifs is 1. The Morgan fingerprint density at radius 3 is 2.91 bits per heavy atom. The molecule has 1 aromatic carbocycles. The molecule has 3 rings (SSSR count). The van der Waals surface area contributed by atoms with Gasteiger partial charge in [0.05, 0.1) is 19.0 Å². The van der Waals surface area contributed by atoms with Crippen molar-refractivity contribution in [3.8, 4) is 0 Å². The lowest BCUT2D eigenvalue weighted by atomic mass is 9.96. The molecule has 122 valence electrons. The summed E-state index contributed by atoms with van der Waals surface area (Å²) in [5.41, 5.74) is 8.92.